The molecule has 21 heavy (non-hydrogen) atoms. The summed E-state index contributed by atoms with van der Waals surface area (Å²) in [6.45, 7) is 7.76. The summed E-state index contributed by atoms with van der Waals surface area (Å²) in [6, 6.07) is 6.42. The molecule has 3 rings (SSSR count). The molecule has 0 spiro atoms. The average Bonchev–Trinajstić information content (AvgIpc) is 3.19. The van der Waals surface area contributed by atoms with Gasteiger partial charge in [0.1, 0.15) is 5.82 Å². The van der Waals surface area contributed by atoms with Crippen LogP contribution in [0.2, 0.25) is 0 Å². The second kappa shape index (κ2) is 6.32. The van der Waals surface area contributed by atoms with Crippen molar-refractivity contribution < 1.29 is 0 Å². The Morgan fingerprint density at radius 1 is 1.24 bits per heavy atom. The Kier molecular flexibility index (Phi) is 4.45. The van der Waals surface area contributed by atoms with Gasteiger partial charge in [0.05, 0.1) is 0 Å². The van der Waals surface area contributed by atoms with Crippen LogP contribution in [0.25, 0.3) is 0 Å². The first-order valence-electron chi connectivity index (χ1n) is 8.29. The summed E-state index contributed by atoms with van der Waals surface area (Å²) in [5, 5.41) is 3.49. The van der Waals surface area contributed by atoms with Gasteiger partial charge >= 0.3 is 0 Å². The van der Waals surface area contributed by atoms with Gasteiger partial charge in [-0.1, -0.05) is 6.07 Å². The summed E-state index contributed by atoms with van der Waals surface area (Å²) in [5.41, 5.74) is 1.34. The molecule has 2 fully saturated rings. The molecular formula is C17H28N4. The Labute approximate surface area is 128 Å². The number of nitrogens with one attached hydrogen (secondary N) is 1. The highest BCUT2D eigenvalue weighted by molar-refractivity contribution is 5.39. The number of anilines is 1. The Bertz CT molecular complexity index is 446. The van der Waals surface area contributed by atoms with Gasteiger partial charge in [-0.05, 0) is 51.3 Å². The quantitative estimate of drug-likeness (QED) is 0.870. The zero-order valence-electron chi connectivity index (χ0n) is 13.5. The normalized spacial score (nSPS) is 22.2. The van der Waals surface area contributed by atoms with Crippen LogP contribution in [0.5, 0.6) is 0 Å². The standard InChI is InChI=1S/C17H28N4/c1-13(2)20(3)17-7-4-14(10-19-17)12-21(15-5-6-15)16-8-9-18-11-16/h4,7,10,13,15-16,18H,5-6,8-9,11-12H2,1-3H3. The van der Waals surface area contributed by atoms with E-state index >= 15 is 0 Å². The van der Waals surface area contributed by atoms with Crippen LogP contribution in [0.15, 0.2) is 18.3 Å². The van der Waals surface area contributed by atoms with Gasteiger partial charge in [-0.25, -0.2) is 4.98 Å². The highest BCUT2D eigenvalue weighted by Crippen LogP contribution is 2.31. The van der Waals surface area contributed by atoms with E-state index in [1.54, 1.807) is 0 Å². The van der Waals surface area contributed by atoms with Crippen molar-refractivity contribution in [2.45, 2.75) is 57.8 Å². The van der Waals surface area contributed by atoms with Crippen LogP contribution < -0.4 is 10.2 Å². The Hall–Kier alpha value is -1.13. The van der Waals surface area contributed by atoms with E-state index in [9.17, 15) is 0 Å². The number of hydrogen-bond donors (Lipinski definition) is 1. The minimum absolute atomic E-state index is 0.482. The molecule has 4 heteroatoms. The van der Waals surface area contributed by atoms with Crippen molar-refractivity contribution in [1.82, 2.24) is 15.2 Å². The second-order valence-corrected chi connectivity index (χ2v) is 6.78. The van der Waals surface area contributed by atoms with Crippen molar-refractivity contribution in [1.29, 1.82) is 0 Å². The van der Waals surface area contributed by atoms with Gasteiger partial charge in [0, 0.05) is 44.5 Å². The molecule has 116 valence electrons. The topological polar surface area (TPSA) is 31.4 Å². The maximum absolute atomic E-state index is 4.64. The number of rotatable bonds is 6. The summed E-state index contributed by atoms with van der Waals surface area (Å²) in [6.07, 6.45) is 6.10. The van der Waals surface area contributed by atoms with Crippen molar-refractivity contribution in [2.24, 2.45) is 0 Å². The first kappa shape index (κ1) is 14.8. The van der Waals surface area contributed by atoms with E-state index in [1.165, 1.54) is 31.4 Å². The second-order valence-electron chi connectivity index (χ2n) is 6.78. The molecule has 1 aromatic heterocycles. The lowest BCUT2D eigenvalue weighted by molar-refractivity contribution is 0.188. The smallest absolute Gasteiger partial charge is 0.128 e. The Morgan fingerprint density at radius 3 is 2.57 bits per heavy atom. The summed E-state index contributed by atoms with van der Waals surface area (Å²) in [7, 11) is 2.10. The molecule has 1 saturated carbocycles. The maximum atomic E-state index is 4.64. The van der Waals surface area contributed by atoms with Crippen molar-refractivity contribution in [3.63, 3.8) is 0 Å². The van der Waals surface area contributed by atoms with Crippen molar-refractivity contribution >= 4 is 5.82 Å². The maximum Gasteiger partial charge on any atom is 0.128 e. The van der Waals surface area contributed by atoms with Gasteiger partial charge in [0.25, 0.3) is 0 Å². The molecular weight excluding hydrogens is 260 g/mol. The zero-order valence-corrected chi connectivity index (χ0v) is 13.5. The summed E-state index contributed by atoms with van der Waals surface area (Å²) in [4.78, 5) is 9.55. The molecule has 1 aliphatic heterocycles. The van der Waals surface area contributed by atoms with E-state index in [4.69, 9.17) is 0 Å². The van der Waals surface area contributed by atoms with E-state index in [1.807, 2.05) is 0 Å². The molecule has 1 unspecified atom stereocenters. The Balaban J connectivity index is 1.65. The number of nitrogens with zero attached hydrogens (tertiary/aromatic N) is 3. The largest absolute Gasteiger partial charge is 0.357 e. The first-order chi connectivity index (χ1) is 10.1. The van der Waals surface area contributed by atoms with Crippen LogP contribution in [-0.2, 0) is 6.54 Å². The SMILES string of the molecule is CC(C)N(C)c1ccc(CN(C2CC2)C2CCNC2)cn1. The van der Waals surface area contributed by atoms with Crippen LogP contribution in [0.3, 0.4) is 0 Å². The van der Waals surface area contributed by atoms with Gasteiger partial charge in [0.15, 0.2) is 0 Å². The van der Waals surface area contributed by atoms with Crippen LogP contribution >= 0.6 is 0 Å². The average molecular weight is 288 g/mol. The minimum atomic E-state index is 0.482. The van der Waals surface area contributed by atoms with Crippen molar-refractivity contribution in [3.8, 4) is 0 Å². The molecule has 4 nitrogen and oxygen atoms in total. The van der Waals surface area contributed by atoms with E-state index in [0.717, 1.165) is 31.0 Å². The fraction of sp³-hybridized carbons (Fsp3) is 0.706. The monoisotopic (exact) mass is 288 g/mol. The van der Waals surface area contributed by atoms with Gasteiger partial charge in [-0.2, -0.15) is 0 Å². The van der Waals surface area contributed by atoms with E-state index in [2.05, 4.69) is 59.3 Å². The summed E-state index contributed by atoms with van der Waals surface area (Å²) in [5.74, 6) is 1.06. The minimum Gasteiger partial charge on any atom is -0.357 e. The number of pyridine rings is 1. The van der Waals surface area contributed by atoms with Crippen molar-refractivity contribution in [2.75, 3.05) is 25.0 Å². The summed E-state index contributed by atoms with van der Waals surface area (Å²) >= 11 is 0. The van der Waals surface area contributed by atoms with E-state index in [0.29, 0.717) is 6.04 Å². The van der Waals surface area contributed by atoms with Crippen molar-refractivity contribution in [3.05, 3.63) is 23.9 Å². The fourth-order valence-electron chi connectivity index (χ4n) is 3.08. The molecule has 0 radical (unpaired) electrons. The van der Waals surface area contributed by atoms with Gasteiger partial charge in [0.2, 0.25) is 0 Å². The molecule has 2 aliphatic rings. The number of aromatic nitrogens is 1. The molecule has 1 aromatic rings. The molecule has 2 heterocycles. The molecule has 0 bridgehead atoms. The Morgan fingerprint density at radius 2 is 2.05 bits per heavy atom. The third kappa shape index (κ3) is 3.55. The number of hydrogen-bond acceptors (Lipinski definition) is 4. The fourth-order valence-corrected chi connectivity index (χ4v) is 3.08. The van der Waals surface area contributed by atoms with E-state index < -0.39 is 0 Å². The molecule has 1 aliphatic carbocycles. The molecule has 0 aromatic carbocycles. The first-order valence-corrected chi connectivity index (χ1v) is 8.29. The predicted octanol–water partition coefficient (Wildman–Crippen LogP) is 2.25. The molecule has 0 amide bonds. The lowest BCUT2D eigenvalue weighted by Crippen LogP contribution is -2.38. The third-order valence-electron chi connectivity index (χ3n) is 4.83. The third-order valence-corrected chi connectivity index (χ3v) is 4.83. The lowest BCUT2D eigenvalue weighted by Gasteiger charge is -2.28. The van der Waals surface area contributed by atoms with Gasteiger partial charge in [-0.15, -0.1) is 0 Å². The van der Waals surface area contributed by atoms with Crippen LogP contribution in [-0.4, -0.2) is 48.1 Å². The summed E-state index contributed by atoms with van der Waals surface area (Å²) < 4.78 is 0. The van der Waals surface area contributed by atoms with Gasteiger partial charge < -0.3 is 10.2 Å². The van der Waals surface area contributed by atoms with Gasteiger partial charge in [-0.3, -0.25) is 4.90 Å². The molecule has 1 atom stereocenters. The predicted molar refractivity (Wildman–Crippen MR) is 87.6 cm³/mol. The molecule has 1 N–H and O–H groups in total. The molecule has 1 saturated heterocycles. The van der Waals surface area contributed by atoms with Crippen LogP contribution in [0.1, 0.15) is 38.7 Å². The van der Waals surface area contributed by atoms with Crippen LogP contribution in [0.4, 0.5) is 5.82 Å². The van der Waals surface area contributed by atoms with E-state index in [-0.39, 0.29) is 0 Å². The van der Waals surface area contributed by atoms with Crippen LogP contribution in [0, 0.1) is 0 Å². The lowest BCUT2D eigenvalue weighted by atomic mass is 10.1. The zero-order chi connectivity index (χ0) is 14.8. The highest BCUT2D eigenvalue weighted by atomic mass is 15.2. The highest BCUT2D eigenvalue weighted by Gasteiger charge is 2.35.